The van der Waals surface area contributed by atoms with Gasteiger partial charge in [0, 0.05) is 42.3 Å². The molecule has 1 saturated heterocycles. The summed E-state index contributed by atoms with van der Waals surface area (Å²) in [6, 6.07) is 17.7. The van der Waals surface area contributed by atoms with Gasteiger partial charge < -0.3 is 9.73 Å². The number of nitrogens with one attached hydrogen (secondary N) is 1. The highest BCUT2D eigenvalue weighted by molar-refractivity contribution is 5.92. The molecule has 5 rings (SSSR count). The number of amides is 1. The van der Waals surface area contributed by atoms with Crippen molar-refractivity contribution in [3.05, 3.63) is 96.9 Å². The Morgan fingerprint density at radius 2 is 1.91 bits per heavy atom. The molecule has 35 heavy (non-hydrogen) atoms. The topological polar surface area (TPSA) is 76.2 Å². The van der Waals surface area contributed by atoms with Gasteiger partial charge in [-0.05, 0) is 68.4 Å². The Hall–Kier alpha value is -3.97. The van der Waals surface area contributed by atoms with E-state index in [2.05, 4.69) is 15.2 Å². The number of aromatic nitrogens is 3. The van der Waals surface area contributed by atoms with E-state index in [9.17, 15) is 4.79 Å². The summed E-state index contributed by atoms with van der Waals surface area (Å²) in [4.78, 5) is 19.4. The third-order valence-electron chi connectivity index (χ3n) is 6.29. The average Bonchev–Trinajstić information content (AvgIpc) is 3.60. The Morgan fingerprint density at radius 3 is 2.66 bits per heavy atom. The molecule has 0 bridgehead atoms. The molecular weight excluding hydrogens is 438 g/mol. The number of furan rings is 1. The van der Waals surface area contributed by atoms with Crippen LogP contribution >= 0.6 is 0 Å². The predicted molar refractivity (Wildman–Crippen MR) is 136 cm³/mol. The fourth-order valence-electron chi connectivity index (χ4n) is 4.49. The maximum absolute atomic E-state index is 12.8. The van der Waals surface area contributed by atoms with Crippen LogP contribution in [0.15, 0.2) is 89.9 Å². The lowest BCUT2D eigenvalue weighted by atomic mass is 10.1. The Kier molecular flexibility index (Phi) is 7.15. The van der Waals surface area contributed by atoms with Gasteiger partial charge in [0.05, 0.1) is 18.0 Å². The summed E-state index contributed by atoms with van der Waals surface area (Å²) in [6.45, 7) is 2.53. The molecule has 1 aromatic carbocycles. The number of piperidine rings is 1. The fourth-order valence-corrected chi connectivity index (χ4v) is 4.49. The van der Waals surface area contributed by atoms with Crippen molar-refractivity contribution < 1.29 is 9.21 Å². The van der Waals surface area contributed by atoms with E-state index in [-0.39, 0.29) is 11.9 Å². The Labute approximate surface area is 205 Å². The number of hydrogen-bond donors (Lipinski definition) is 1. The van der Waals surface area contributed by atoms with E-state index < -0.39 is 0 Å². The van der Waals surface area contributed by atoms with Crippen LogP contribution < -0.4 is 5.32 Å². The molecule has 0 aliphatic carbocycles. The van der Waals surface area contributed by atoms with Crippen molar-refractivity contribution in [2.75, 3.05) is 19.6 Å². The quantitative estimate of drug-likeness (QED) is 0.374. The number of benzene rings is 1. The molecule has 4 aromatic rings. The highest BCUT2D eigenvalue weighted by Crippen LogP contribution is 2.26. The summed E-state index contributed by atoms with van der Waals surface area (Å²) >= 11 is 0. The number of rotatable bonds is 8. The van der Waals surface area contributed by atoms with Gasteiger partial charge in [-0.2, -0.15) is 5.10 Å². The summed E-state index contributed by atoms with van der Waals surface area (Å²) in [6.07, 6.45) is 14.1. The van der Waals surface area contributed by atoms with Crippen LogP contribution in [0.1, 0.15) is 36.6 Å². The van der Waals surface area contributed by atoms with Gasteiger partial charge in [-0.3, -0.25) is 14.7 Å². The lowest BCUT2D eigenvalue weighted by Crippen LogP contribution is -2.40. The fraction of sp³-hybridized carbons (Fsp3) is 0.250. The molecule has 7 heteroatoms. The Morgan fingerprint density at radius 1 is 1.06 bits per heavy atom. The van der Waals surface area contributed by atoms with Gasteiger partial charge >= 0.3 is 0 Å². The first kappa shape index (κ1) is 22.8. The number of pyridine rings is 1. The number of nitrogens with zero attached hydrogens (tertiary/aromatic N) is 4. The minimum absolute atomic E-state index is 0.0365. The molecule has 3 aromatic heterocycles. The Bertz CT molecular complexity index is 1240. The molecule has 0 spiro atoms. The highest BCUT2D eigenvalue weighted by Gasteiger charge is 2.24. The SMILES string of the molecule is O=C(/C=C/c1cn(-c2ccccc2)nc1-c1cccnc1)NC[C@H](c1ccco1)N1CCCCC1. The van der Waals surface area contributed by atoms with Crippen molar-refractivity contribution in [1.82, 2.24) is 25.0 Å². The number of hydrogen-bond acceptors (Lipinski definition) is 5. The van der Waals surface area contributed by atoms with Crippen LogP contribution in [0.2, 0.25) is 0 Å². The van der Waals surface area contributed by atoms with Crippen LogP contribution in [0.3, 0.4) is 0 Å². The molecule has 0 saturated carbocycles. The molecule has 1 N–H and O–H groups in total. The molecule has 1 amide bonds. The zero-order chi connectivity index (χ0) is 23.9. The first-order valence-electron chi connectivity index (χ1n) is 12.1. The zero-order valence-electron chi connectivity index (χ0n) is 19.6. The summed E-state index contributed by atoms with van der Waals surface area (Å²) < 4.78 is 7.51. The molecule has 1 aliphatic rings. The molecule has 7 nitrogen and oxygen atoms in total. The molecule has 4 heterocycles. The second kappa shape index (κ2) is 11.0. The molecule has 0 radical (unpaired) electrons. The number of para-hydroxylation sites is 1. The molecule has 1 atom stereocenters. The summed E-state index contributed by atoms with van der Waals surface area (Å²) in [7, 11) is 0. The van der Waals surface area contributed by atoms with Crippen LogP contribution in [0, 0.1) is 0 Å². The van der Waals surface area contributed by atoms with E-state index in [1.54, 1.807) is 24.7 Å². The summed E-state index contributed by atoms with van der Waals surface area (Å²) in [5.41, 5.74) is 3.46. The molecule has 1 fully saturated rings. The predicted octanol–water partition coefficient (Wildman–Crippen LogP) is 4.88. The Balaban J connectivity index is 1.33. The standard InChI is InChI=1S/C28H29N5O2/c34-27(30-20-25(26-12-8-18-35-26)32-16-5-2-6-17-32)14-13-23-21-33(24-10-3-1-4-11-24)31-28(23)22-9-7-15-29-19-22/h1,3-4,7-15,18-19,21,25H,2,5-6,16-17,20H2,(H,30,34)/b14-13+/t25-/m1/s1. The van der Waals surface area contributed by atoms with E-state index in [0.29, 0.717) is 6.54 Å². The minimum atomic E-state index is -0.150. The second-order valence-corrected chi connectivity index (χ2v) is 8.66. The van der Waals surface area contributed by atoms with Crippen LogP contribution in [0.25, 0.3) is 23.0 Å². The van der Waals surface area contributed by atoms with E-state index in [1.807, 2.05) is 71.6 Å². The van der Waals surface area contributed by atoms with E-state index in [1.165, 1.54) is 19.3 Å². The van der Waals surface area contributed by atoms with E-state index in [4.69, 9.17) is 9.52 Å². The minimum Gasteiger partial charge on any atom is -0.468 e. The van der Waals surface area contributed by atoms with Crippen molar-refractivity contribution in [2.45, 2.75) is 25.3 Å². The lowest BCUT2D eigenvalue weighted by Gasteiger charge is -2.33. The van der Waals surface area contributed by atoms with Crippen LogP contribution in [0.4, 0.5) is 0 Å². The number of carbonyl (C=O) groups is 1. The third kappa shape index (κ3) is 5.58. The molecule has 178 valence electrons. The monoisotopic (exact) mass is 467 g/mol. The van der Waals surface area contributed by atoms with Crippen LogP contribution in [-0.2, 0) is 4.79 Å². The molecule has 1 aliphatic heterocycles. The average molecular weight is 468 g/mol. The number of carbonyl (C=O) groups excluding carboxylic acids is 1. The van der Waals surface area contributed by atoms with Crippen molar-refractivity contribution in [3.63, 3.8) is 0 Å². The molecule has 0 unspecified atom stereocenters. The maximum Gasteiger partial charge on any atom is 0.244 e. The van der Waals surface area contributed by atoms with Crippen molar-refractivity contribution in [3.8, 4) is 16.9 Å². The van der Waals surface area contributed by atoms with Gasteiger partial charge in [-0.15, -0.1) is 0 Å². The lowest BCUT2D eigenvalue weighted by molar-refractivity contribution is -0.116. The number of likely N-dealkylation sites (tertiary alicyclic amines) is 1. The van der Waals surface area contributed by atoms with Gasteiger partial charge in [0.25, 0.3) is 0 Å². The first-order valence-corrected chi connectivity index (χ1v) is 12.1. The zero-order valence-corrected chi connectivity index (χ0v) is 19.6. The second-order valence-electron chi connectivity index (χ2n) is 8.66. The van der Waals surface area contributed by atoms with Gasteiger partial charge in [-0.1, -0.05) is 24.6 Å². The maximum atomic E-state index is 12.8. The third-order valence-corrected chi connectivity index (χ3v) is 6.29. The van der Waals surface area contributed by atoms with Crippen LogP contribution in [-0.4, -0.2) is 45.2 Å². The van der Waals surface area contributed by atoms with Gasteiger partial charge in [0.2, 0.25) is 5.91 Å². The first-order chi connectivity index (χ1) is 17.3. The van der Waals surface area contributed by atoms with E-state index >= 15 is 0 Å². The van der Waals surface area contributed by atoms with Crippen molar-refractivity contribution in [1.29, 1.82) is 0 Å². The summed E-state index contributed by atoms with van der Waals surface area (Å²) in [5, 5.41) is 7.84. The summed E-state index contributed by atoms with van der Waals surface area (Å²) in [5.74, 6) is 0.738. The van der Waals surface area contributed by atoms with Gasteiger partial charge in [0.15, 0.2) is 0 Å². The largest absolute Gasteiger partial charge is 0.468 e. The van der Waals surface area contributed by atoms with Gasteiger partial charge in [-0.25, -0.2) is 4.68 Å². The normalized spacial score (nSPS) is 15.3. The van der Waals surface area contributed by atoms with Crippen molar-refractivity contribution >= 4 is 12.0 Å². The van der Waals surface area contributed by atoms with Gasteiger partial charge in [0.1, 0.15) is 11.5 Å². The smallest absolute Gasteiger partial charge is 0.244 e. The highest BCUT2D eigenvalue weighted by atomic mass is 16.3. The molecular formula is C28H29N5O2. The van der Waals surface area contributed by atoms with Crippen LogP contribution in [0.5, 0.6) is 0 Å². The van der Waals surface area contributed by atoms with E-state index in [0.717, 1.165) is 41.4 Å². The van der Waals surface area contributed by atoms with Crippen molar-refractivity contribution in [2.24, 2.45) is 0 Å².